The maximum atomic E-state index is 14.3. The topological polar surface area (TPSA) is 137 Å². The third-order valence-corrected chi connectivity index (χ3v) is 10.8. The van der Waals surface area contributed by atoms with Gasteiger partial charge in [0.05, 0.1) is 11.1 Å². The first kappa shape index (κ1) is 33.4. The Bertz CT molecular complexity index is 2090. The normalized spacial score (nSPS) is 17.3. The summed E-state index contributed by atoms with van der Waals surface area (Å²) in [6, 6.07) is 14.8. The first-order valence-corrected chi connectivity index (χ1v) is 17.8. The Labute approximate surface area is 291 Å². The van der Waals surface area contributed by atoms with Crippen molar-refractivity contribution in [1.82, 2.24) is 20.1 Å². The van der Waals surface area contributed by atoms with Gasteiger partial charge < -0.3 is 9.88 Å². The van der Waals surface area contributed by atoms with Crippen LogP contribution in [-0.2, 0) is 27.3 Å². The van der Waals surface area contributed by atoms with E-state index in [1.54, 1.807) is 30.1 Å². The third-order valence-electron chi connectivity index (χ3n) is 9.66. The minimum atomic E-state index is -1.01. The molecule has 0 bridgehead atoms. The molecule has 10 nitrogen and oxygen atoms in total. The van der Waals surface area contributed by atoms with Gasteiger partial charge in [0.15, 0.2) is 5.78 Å². The molecule has 7 rings (SSSR count). The smallest absolute Gasteiger partial charge is 0.263 e. The second-order valence-electron chi connectivity index (χ2n) is 13.0. The van der Waals surface area contributed by atoms with Crippen LogP contribution in [0.5, 0.6) is 0 Å². The summed E-state index contributed by atoms with van der Waals surface area (Å²) in [6.07, 6.45) is 3.72. The molecule has 12 heteroatoms. The fraction of sp³-hybridized carbons (Fsp3) is 0.316. The summed E-state index contributed by atoms with van der Waals surface area (Å²) < 4.78 is 14.3. The number of fused-ring (bicyclic) bond motifs is 1. The number of aromatic amines is 1. The standard InChI is InChI=1S/C38H35FN4O6S/c1-42(20-21-11-13-22(14-12-21)35-24-6-4-8-29(44)26-18-23(39)19-27(40-35)33(24)26)32(46)10-2-3-17-50-30-9-5-7-25-34(30)38(49)43(37(25)48)28-15-16-31(45)41-36(28)47/h5,7,9,11-14,18-19,28,40H,2-4,6,8,10,15-17,20H2,1H3,(H,41,45,47). The molecule has 0 spiro atoms. The summed E-state index contributed by atoms with van der Waals surface area (Å²) in [4.78, 5) is 82.6. The molecule has 0 radical (unpaired) electrons. The largest absolute Gasteiger partial charge is 0.354 e. The second kappa shape index (κ2) is 13.7. The van der Waals surface area contributed by atoms with Gasteiger partial charge in [0, 0.05) is 59.9 Å². The molecule has 1 unspecified atom stereocenters. The average molecular weight is 695 g/mol. The predicted molar refractivity (Wildman–Crippen MR) is 185 cm³/mol. The number of hydrogen-bond acceptors (Lipinski definition) is 7. The molecule has 2 N–H and O–H groups in total. The van der Waals surface area contributed by atoms with Crippen LogP contribution in [-0.4, -0.2) is 68.9 Å². The molecule has 1 aliphatic carbocycles. The van der Waals surface area contributed by atoms with Crippen molar-refractivity contribution in [2.75, 3.05) is 12.8 Å². The van der Waals surface area contributed by atoms with E-state index in [4.69, 9.17) is 0 Å². The molecule has 0 saturated carbocycles. The lowest BCUT2D eigenvalue weighted by Gasteiger charge is -2.27. The highest BCUT2D eigenvalue weighted by atomic mass is 32.2. The van der Waals surface area contributed by atoms with Crippen LogP contribution in [0.1, 0.15) is 87.1 Å². The fourth-order valence-electron chi connectivity index (χ4n) is 7.14. The van der Waals surface area contributed by atoms with Gasteiger partial charge in [0.1, 0.15) is 11.9 Å². The Morgan fingerprint density at radius 1 is 0.960 bits per heavy atom. The van der Waals surface area contributed by atoms with Crippen LogP contribution in [0.3, 0.4) is 0 Å². The molecule has 3 aliphatic rings. The molecule has 3 heterocycles. The molecule has 1 aromatic heterocycles. The number of benzene rings is 3. The van der Waals surface area contributed by atoms with Crippen molar-refractivity contribution >= 4 is 58.0 Å². The summed E-state index contributed by atoms with van der Waals surface area (Å²) in [7, 11) is 1.77. The molecule has 50 heavy (non-hydrogen) atoms. The number of Topliss-reactive ketones (excluding diaryl/α,β-unsaturated/α-hetero) is 1. The lowest BCUT2D eigenvalue weighted by atomic mass is 9.99. The van der Waals surface area contributed by atoms with Gasteiger partial charge in [-0.05, 0) is 78.8 Å². The number of amides is 5. The summed E-state index contributed by atoms with van der Waals surface area (Å²) in [5.41, 5.74) is 5.42. The molecular weight excluding hydrogens is 660 g/mol. The van der Waals surface area contributed by atoms with Crippen LogP contribution < -0.4 is 5.32 Å². The number of carbonyl (C=O) groups is 6. The third kappa shape index (κ3) is 6.24. The van der Waals surface area contributed by atoms with Crippen molar-refractivity contribution in [2.45, 2.75) is 68.8 Å². The highest BCUT2D eigenvalue weighted by molar-refractivity contribution is 7.99. The van der Waals surface area contributed by atoms with E-state index in [0.29, 0.717) is 60.4 Å². The van der Waals surface area contributed by atoms with Crippen molar-refractivity contribution in [3.05, 3.63) is 88.2 Å². The molecular formula is C38H35FN4O6S. The Kier molecular flexibility index (Phi) is 9.13. The van der Waals surface area contributed by atoms with Crippen LogP contribution >= 0.6 is 11.8 Å². The zero-order chi connectivity index (χ0) is 35.1. The monoisotopic (exact) mass is 694 g/mol. The number of imide groups is 2. The van der Waals surface area contributed by atoms with Crippen LogP contribution in [0.25, 0.3) is 22.2 Å². The van der Waals surface area contributed by atoms with Crippen LogP contribution in [0.15, 0.2) is 59.5 Å². The Morgan fingerprint density at radius 3 is 2.54 bits per heavy atom. The van der Waals surface area contributed by atoms with E-state index in [-0.39, 0.29) is 35.7 Å². The number of halogens is 1. The van der Waals surface area contributed by atoms with Gasteiger partial charge in [-0.1, -0.05) is 30.3 Å². The average Bonchev–Trinajstić information content (AvgIpc) is 3.51. The highest BCUT2D eigenvalue weighted by Gasteiger charge is 2.45. The van der Waals surface area contributed by atoms with Crippen LogP contribution in [0.4, 0.5) is 4.39 Å². The van der Waals surface area contributed by atoms with E-state index in [1.165, 1.54) is 23.9 Å². The number of nitrogens with one attached hydrogen (secondary N) is 2. The van der Waals surface area contributed by atoms with Gasteiger partial charge in [-0.3, -0.25) is 39.0 Å². The number of piperidine rings is 1. The van der Waals surface area contributed by atoms with Gasteiger partial charge in [-0.2, -0.15) is 0 Å². The van der Waals surface area contributed by atoms with E-state index in [0.717, 1.165) is 39.1 Å². The molecule has 5 amide bonds. The van der Waals surface area contributed by atoms with Crippen molar-refractivity contribution in [1.29, 1.82) is 0 Å². The SMILES string of the molecule is CN(Cc1ccc(-c2[nH]c3cc(F)cc4c3c2CCCC4=O)cc1)C(=O)CCCCSc1cccc2c1C(=O)N(C1CCC(=O)NC1=O)C2=O. The second-order valence-corrected chi connectivity index (χ2v) is 14.1. The molecule has 2 aliphatic heterocycles. The Morgan fingerprint density at radius 2 is 1.76 bits per heavy atom. The number of H-pyrrole nitrogens is 1. The number of carbonyl (C=O) groups excluding carboxylic acids is 6. The maximum Gasteiger partial charge on any atom is 0.263 e. The molecule has 4 aromatic rings. The summed E-state index contributed by atoms with van der Waals surface area (Å²) in [6.45, 7) is 0.438. The zero-order valence-electron chi connectivity index (χ0n) is 27.5. The quantitative estimate of drug-likeness (QED) is 0.121. The van der Waals surface area contributed by atoms with E-state index in [2.05, 4.69) is 10.3 Å². The van der Waals surface area contributed by atoms with Gasteiger partial charge in [-0.15, -0.1) is 11.8 Å². The lowest BCUT2D eigenvalue weighted by Crippen LogP contribution is -2.54. The summed E-state index contributed by atoms with van der Waals surface area (Å²) in [5.74, 6) is -1.94. The van der Waals surface area contributed by atoms with Crippen LogP contribution in [0.2, 0.25) is 0 Å². The number of ketones is 1. The minimum absolute atomic E-state index is 0.0101. The van der Waals surface area contributed by atoms with Crippen LogP contribution in [0, 0.1) is 5.82 Å². The minimum Gasteiger partial charge on any atom is -0.354 e. The highest BCUT2D eigenvalue weighted by Crippen LogP contribution is 2.38. The summed E-state index contributed by atoms with van der Waals surface area (Å²) >= 11 is 1.44. The van der Waals surface area contributed by atoms with Gasteiger partial charge in [-0.25, -0.2) is 4.39 Å². The summed E-state index contributed by atoms with van der Waals surface area (Å²) in [5, 5.41) is 3.02. The number of thioether (sulfide) groups is 1. The number of aromatic nitrogens is 1. The molecule has 3 aromatic carbocycles. The zero-order valence-corrected chi connectivity index (χ0v) is 28.3. The first-order valence-electron chi connectivity index (χ1n) is 16.8. The Balaban J connectivity index is 0.918. The van der Waals surface area contributed by atoms with Gasteiger partial charge >= 0.3 is 0 Å². The molecule has 1 atom stereocenters. The molecule has 256 valence electrons. The van der Waals surface area contributed by atoms with Crippen molar-refractivity contribution in [3.63, 3.8) is 0 Å². The lowest BCUT2D eigenvalue weighted by molar-refractivity contribution is -0.136. The number of hydrogen-bond donors (Lipinski definition) is 2. The van der Waals surface area contributed by atoms with Gasteiger partial charge in [0.25, 0.3) is 11.8 Å². The van der Waals surface area contributed by atoms with E-state index < -0.39 is 35.5 Å². The van der Waals surface area contributed by atoms with E-state index in [1.807, 2.05) is 24.3 Å². The number of unbranched alkanes of at least 4 members (excludes halogenated alkanes) is 1. The van der Waals surface area contributed by atoms with Gasteiger partial charge in [0.2, 0.25) is 17.7 Å². The fourth-order valence-corrected chi connectivity index (χ4v) is 8.22. The van der Waals surface area contributed by atoms with Crippen molar-refractivity contribution in [3.8, 4) is 11.3 Å². The molecule has 1 fully saturated rings. The van der Waals surface area contributed by atoms with Crippen molar-refractivity contribution in [2.24, 2.45) is 0 Å². The maximum absolute atomic E-state index is 14.3. The first-order chi connectivity index (χ1) is 24.1. The Hall–Kier alpha value is -5.10. The van der Waals surface area contributed by atoms with E-state index >= 15 is 0 Å². The number of rotatable bonds is 10. The number of nitrogens with zero attached hydrogens (tertiary/aromatic N) is 2. The van der Waals surface area contributed by atoms with Crippen molar-refractivity contribution < 1.29 is 33.2 Å². The van der Waals surface area contributed by atoms with E-state index in [9.17, 15) is 33.2 Å². The molecule has 1 saturated heterocycles. The predicted octanol–water partition coefficient (Wildman–Crippen LogP) is 5.82. The number of aryl methyl sites for hydroxylation is 1.